The number of aliphatic hydroxyl groups excluding tert-OH is 1. The minimum Gasteiger partial charge on any atom is -0.390 e. The Morgan fingerprint density at radius 1 is 1.07 bits per heavy atom. The van der Waals surface area contributed by atoms with Gasteiger partial charge in [0.05, 0.1) is 12.1 Å². The summed E-state index contributed by atoms with van der Waals surface area (Å²) in [4.78, 5) is 31.0. The van der Waals surface area contributed by atoms with Crippen molar-refractivity contribution in [2.24, 2.45) is 0 Å². The predicted molar refractivity (Wildman–Crippen MR) is 160 cm³/mol. The Morgan fingerprint density at radius 2 is 1.88 bits per heavy atom. The zero-order chi connectivity index (χ0) is 27.9. The summed E-state index contributed by atoms with van der Waals surface area (Å²) in [6.07, 6.45) is 2.96. The van der Waals surface area contributed by atoms with E-state index in [1.165, 1.54) is 0 Å². The molecule has 1 aliphatic heterocycles. The third-order valence-electron chi connectivity index (χ3n) is 7.37. The summed E-state index contributed by atoms with van der Waals surface area (Å²) < 4.78 is 0. The zero-order valence-corrected chi connectivity index (χ0v) is 22.8. The summed E-state index contributed by atoms with van der Waals surface area (Å²) in [6, 6.07) is 22.9. The maximum absolute atomic E-state index is 13.6. The van der Waals surface area contributed by atoms with E-state index in [1.54, 1.807) is 17.0 Å². The molecule has 0 aliphatic carbocycles. The number of amides is 2. The molecule has 4 aromatic rings. The van der Waals surface area contributed by atoms with Gasteiger partial charge in [-0.15, -0.1) is 0 Å². The molecular weight excluding hydrogens is 502 g/mol. The van der Waals surface area contributed by atoms with Gasteiger partial charge in [0.15, 0.2) is 0 Å². The Morgan fingerprint density at radius 3 is 2.65 bits per heavy atom. The lowest BCUT2D eigenvalue weighted by Gasteiger charge is -2.25. The number of carbonyl (C=O) groups excluding carboxylic acids is 2. The van der Waals surface area contributed by atoms with Crippen LogP contribution in [0.5, 0.6) is 0 Å². The quantitative estimate of drug-likeness (QED) is 0.185. The average Bonchev–Trinajstić information content (AvgIpc) is 3.59. The fraction of sp³-hybridized carbons (Fsp3) is 0.312. The van der Waals surface area contributed by atoms with Crippen molar-refractivity contribution in [1.82, 2.24) is 15.6 Å². The van der Waals surface area contributed by atoms with Crippen LogP contribution in [0, 0.1) is 0 Å². The molecule has 1 aromatic heterocycles. The second-order valence-electron chi connectivity index (χ2n) is 10.3. The standard InChI is InChI=1S/C32H37N5O3/c1-2-34-25-16-23(17-26(18-25)37-14-8-13-31(37)39)32(40)36-29(15-22-9-4-3-5-10-22)30(38)21-33-19-24-20-35-28-12-7-6-11-27(24)28/h3-7,9-12,16-18,20,29-30,33-35,38H,2,8,13-15,19,21H2,1H3,(H,36,40)/t29-,30-/m0/s1. The molecule has 0 saturated carbocycles. The fourth-order valence-corrected chi connectivity index (χ4v) is 5.30. The van der Waals surface area contributed by atoms with Gasteiger partial charge in [0.2, 0.25) is 5.91 Å². The molecule has 8 nitrogen and oxygen atoms in total. The van der Waals surface area contributed by atoms with Gasteiger partial charge in [-0.1, -0.05) is 48.5 Å². The number of carbonyl (C=O) groups is 2. The molecule has 3 aromatic carbocycles. The number of nitrogens with zero attached hydrogens (tertiary/aromatic N) is 1. The molecule has 5 rings (SSSR count). The van der Waals surface area contributed by atoms with E-state index in [9.17, 15) is 14.7 Å². The SMILES string of the molecule is CCNc1cc(C(=O)N[C@@H](Cc2ccccc2)[C@@H](O)CNCc2c[nH]c3ccccc23)cc(N2CCCC2=O)c1. The van der Waals surface area contributed by atoms with E-state index in [2.05, 4.69) is 27.0 Å². The van der Waals surface area contributed by atoms with Crippen LogP contribution in [0.15, 0.2) is 79.0 Å². The van der Waals surface area contributed by atoms with Gasteiger partial charge in [0.1, 0.15) is 0 Å². The summed E-state index contributed by atoms with van der Waals surface area (Å²) in [5.74, 6) is -0.220. The van der Waals surface area contributed by atoms with E-state index in [-0.39, 0.29) is 11.8 Å². The maximum Gasteiger partial charge on any atom is 0.251 e. The number of anilines is 2. The van der Waals surface area contributed by atoms with Crippen LogP contribution >= 0.6 is 0 Å². The van der Waals surface area contributed by atoms with Gasteiger partial charge >= 0.3 is 0 Å². The maximum atomic E-state index is 13.6. The first-order valence-electron chi connectivity index (χ1n) is 14.0. The number of nitrogens with one attached hydrogen (secondary N) is 4. The Labute approximate surface area is 234 Å². The monoisotopic (exact) mass is 539 g/mol. The van der Waals surface area contributed by atoms with Crippen LogP contribution in [-0.2, 0) is 17.8 Å². The average molecular weight is 540 g/mol. The molecule has 8 heteroatoms. The van der Waals surface area contributed by atoms with Crippen molar-refractivity contribution in [1.29, 1.82) is 0 Å². The number of aliphatic hydroxyl groups is 1. The lowest BCUT2D eigenvalue weighted by Crippen LogP contribution is -2.48. The van der Waals surface area contributed by atoms with Crippen molar-refractivity contribution >= 4 is 34.1 Å². The van der Waals surface area contributed by atoms with E-state index in [1.807, 2.05) is 67.7 Å². The Kier molecular flexibility index (Phi) is 8.78. The van der Waals surface area contributed by atoms with Crippen molar-refractivity contribution < 1.29 is 14.7 Å². The van der Waals surface area contributed by atoms with Crippen molar-refractivity contribution in [3.8, 4) is 0 Å². The number of hydrogen-bond acceptors (Lipinski definition) is 5. The molecular formula is C32H37N5O3. The zero-order valence-electron chi connectivity index (χ0n) is 22.8. The highest BCUT2D eigenvalue weighted by molar-refractivity contribution is 6.00. The molecule has 0 radical (unpaired) electrons. The minimum absolute atomic E-state index is 0.0682. The first-order valence-corrected chi connectivity index (χ1v) is 14.0. The Bertz CT molecular complexity index is 1450. The summed E-state index contributed by atoms with van der Waals surface area (Å²) in [6.45, 7) is 4.22. The highest BCUT2D eigenvalue weighted by atomic mass is 16.3. The highest BCUT2D eigenvalue weighted by Gasteiger charge is 2.26. The third kappa shape index (κ3) is 6.52. The molecule has 0 unspecified atom stereocenters. The molecule has 5 N–H and O–H groups in total. The van der Waals surface area contributed by atoms with Gasteiger partial charge in [-0.05, 0) is 55.2 Å². The molecule has 0 spiro atoms. The number of aromatic nitrogens is 1. The second kappa shape index (κ2) is 12.8. The number of hydrogen-bond donors (Lipinski definition) is 5. The number of para-hydroxylation sites is 1. The summed E-state index contributed by atoms with van der Waals surface area (Å²) >= 11 is 0. The Balaban J connectivity index is 1.32. The van der Waals surface area contributed by atoms with Crippen LogP contribution in [0.3, 0.4) is 0 Å². The molecule has 208 valence electrons. The third-order valence-corrected chi connectivity index (χ3v) is 7.37. The van der Waals surface area contributed by atoms with Crippen LogP contribution in [0.2, 0.25) is 0 Å². The van der Waals surface area contributed by atoms with E-state index in [0.29, 0.717) is 50.3 Å². The molecule has 1 saturated heterocycles. The molecule has 0 bridgehead atoms. The predicted octanol–water partition coefficient (Wildman–Crippen LogP) is 4.22. The van der Waals surface area contributed by atoms with Gasteiger partial charge in [-0.25, -0.2) is 0 Å². The van der Waals surface area contributed by atoms with E-state index < -0.39 is 12.1 Å². The molecule has 1 aliphatic rings. The fourth-order valence-electron chi connectivity index (χ4n) is 5.30. The summed E-state index contributed by atoms with van der Waals surface area (Å²) in [5, 5.41) is 22.1. The first kappa shape index (κ1) is 27.4. The lowest BCUT2D eigenvalue weighted by molar-refractivity contribution is -0.117. The number of aromatic amines is 1. The van der Waals surface area contributed by atoms with Gasteiger partial charge in [-0.2, -0.15) is 0 Å². The summed E-state index contributed by atoms with van der Waals surface area (Å²) in [7, 11) is 0. The largest absolute Gasteiger partial charge is 0.390 e. The first-order chi connectivity index (χ1) is 19.5. The number of benzene rings is 3. The van der Waals surface area contributed by atoms with Gasteiger partial charge in [-0.3, -0.25) is 9.59 Å². The molecule has 1 fully saturated rings. The smallest absolute Gasteiger partial charge is 0.251 e. The number of fused-ring (bicyclic) bond motifs is 1. The van der Waals surface area contributed by atoms with Gasteiger partial charge in [0.25, 0.3) is 5.91 Å². The van der Waals surface area contributed by atoms with Crippen molar-refractivity contribution in [3.63, 3.8) is 0 Å². The normalized spacial score (nSPS) is 14.8. The van der Waals surface area contributed by atoms with E-state index >= 15 is 0 Å². The molecule has 2 heterocycles. The van der Waals surface area contributed by atoms with Crippen LogP contribution in [0.1, 0.15) is 41.3 Å². The number of H-pyrrole nitrogens is 1. The summed E-state index contributed by atoms with van der Waals surface area (Å²) in [5.41, 5.74) is 5.16. The second-order valence-corrected chi connectivity index (χ2v) is 10.3. The lowest BCUT2D eigenvalue weighted by atomic mass is 10.00. The van der Waals surface area contributed by atoms with Gasteiger partial charge in [0, 0.05) is 66.6 Å². The Hall–Kier alpha value is -4.14. The van der Waals surface area contributed by atoms with E-state index in [4.69, 9.17) is 0 Å². The number of rotatable bonds is 12. The molecule has 2 amide bonds. The van der Waals surface area contributed by atoms with Crippen molar-refractivity contribution in [3.05, 3.63) is 95.7 Å². The van der Waals surface area contributed by atoms with Crippen LogP contribution in [0.25, 0.3) is 10.9 Å². The van der Waals surface area contributed by atoms with Crippen LogP contribution in [0.4, 0.5) is 11.4 Å². The van der Waals surface area contributed by atoms with E-state index in [0.717, 1.165) is 34.1 Å². The van der Waals surface area contributed by atoms with Crippen LogP contribution in [-0.4, -0.2) is 53.7 Å². The highest BCUT2D eigenvalue weighted by Crippen LogP contribution is 2.27. The van der Waals surface area contributed by atoms with Crippen molar-refractivity contribution in [2.45, 2.75) is 44.9 Å². The minimum atomic E-state index is -0.828. The molecule has 2 atom stereocenters. The topological polar surface area (TPSA) is 109 Å². The van der Waals surface area contributed by atoms with Crippen LogP contribution < -0.4 is 20.9 Å². The molecule has 40 heavy (non-hydrogen) atoms. The van der Waals surface area contributed by atoms with Gasteiger partial charge < -0.3 is 30.9 Å². The van der Waals surface area contributed by atoms with Crippen molar-refractivity contribution in [2.75, 3.05) is 29.9 Å².